The first-order valence-electron chi connectivity index (χ1n) is 6.09. The van der Waals surface area contributed by atoms with Gasteiger partial charge in [0.2, 0.25) is 0 Å². The summed E-state index contributed by atoms with van der Waals surface area (Å²) in [6.07, 6.45) is 3.72. The van der Waals surface area contributed by atoms with E-state index in [1.807, 2.05) is 6.07 Å². The van der Waals surface area contributed by atoms with Crippen LogP contribution in [0.1, 0.15) is 50.2 Å². The molecule has 1 aromatic rings. The van der Waals surface area contributed by atoms with Gasteiger partial charge in [-0.15, -0.1) is 0 Å². The summed E-state index contributed by atoms with van der Waals surface area (Å²) in [5, 5.41) is 0.833. The molecule has 0 amide bonds. The Bertz CT molecular complexity index is 375. The minimum atomic E-state index is 0.213. The van der Waals surface area contributed by atoms with E-state index < -0.39 is 0 Å². The molecule has 0 atom stereocenters. The van der Waals surface area contributed by atoms with Crippen molar-refractivity contribution in [3.8, 4) is 0 Å². The van der Waals surface area contributed by atoms with Crippen LogP contribution in [0, 0.1) is 0 Å². The van der Waals surface area contributed by atoms with Crippen LogP contribution in [0.3, 0.4) is 0 Å². The zero-order valence-corrected chi connectivity index (χ0v) is 10.8. The molecule has 2 heteroatoms. The Hall–Kier alpha value is -0.530. The molecule has 1 nitrogen and oxygen atoms in total. The molecule has 2 N–H and O–H groups in total. The van der Waals surface area contributed by atoms with Crippen molar-refractivity contribution in [1.82, 2.24) is 0 Å². The third-order valence-corrected chi connectivity index (χ3v) is 4.15. The molecule has 2 rings (SSSR count). The van der Waals surface area contributed by atoms with Gasteiger partial charge in [0.25, 0.3) is 0 Å². The van der Waals surface area contributed by atoms with Crippen LogP contribution in [0.4, 0.5) is 0 Å². The van der Waals surface area contributed by atoms with Crippen LogP contribution in [0.5, 0.6) is 0 Å². The maximum atomic E-state index is 6.12. The summed E-state index contributed by atoms with van der Waals surface area (Å²) in [4.78, 5) is 0. The SMILES string of the molecule is CC(C)c1ccc(Cl)cc1C1(CN)CCC1. The predicted octanol–water partition coefficient (Wildman–Crippen LogP) is 3.84. The Balaban J connectivity index is 2.48. The number of hydrogen-bond acceptors (Lipinski definition) is 1. The largest absolute Gasteiger partial charge is 0.330 e. The second-order valence-electron chi connectivity index (χ2n) is 5.22. The molecule has 1 aliphatic rings. The molecule has 0 bridgehead atoms. The van der Waals surface area contributed by atoms with Gasteiger partial charge in [0.1, 0.15) is 0 Å². The molecule has 0 spiro atoms. The molecule has 88 valence electrons. The highest BCUT2D eigenvalue weighted by atomic mass is 35.5. The van der Waals surface area contributed by atoms with Crippen molar-refractivity contribution in [2.75, 3.05) is 6.54 Å². The zero-order valence-electron chi connectivity index (χ0n) is 10.1. The third kappa shape index (κ3) is 1.87. The van der Waals surface area contributed by atoms with E-state index in [9.17, 15) is 0 Å². The fourth-order valence-electron chi connectivity index (χ4n) is 2.68. The number of halogens is 1. The van der Waals surface area contributed by atoms with Gasteiger partial charge in [-0.2, -0.15) is 0 Å². The maximum absolute atomic E-state index is 6.12. The van der Waals surface area contributed by atoms with Gasteiger partial charge >= 0.3 is 0 Å². The normalized spacial score (nSPS) is 18.6. The number of benzene rings is 1. The highest BCUT2D eigenvalue weighted by molar-refractivity contribution is 6.30. The average Bonchev–Trinajstić information content (AvgIpc) is 2.16. The van der Waals surface area contributed by atoms with Gasteiger partial charge in [0, 0.05) is 17.0 Å². The molecule has 0 heterocycles. The van der Waals surface area contributed by atoms with Crippen molar-refractivity contribution < 1.29 is 0 Å². The Morgan fingerprint density at radius 2 is 2.06 bits per heavy atom. The van der Waals surface area contributed by atoms with Gasteiger partial charge in [-0.25, -0.2) is 0 Å². The highest BCUT2D eigenvalue weighted by Gasteiger charge is 2.39. The lowest BCUT2D eigenvalue weighted by molar-refractivity contribution is 0.250. The molecule has 0 aromatic heterocycles. The van der Waals surface area contributed by atoms with Crippen molar-refractivity contribution in [2.24, 2.45) is 5.73 Å². The zero-order chi connectivity index (χ0) is 11.8. The summed E-state index contributed by atoms with van der Waals surface area (Å²) < 4.78 is 0. The molecular formula is C14H20ClN. The van der Waals surface area contributed by atoms with Crippen LogP contribution in [-0.2, 0) is 5.41 Å². The summed E-state index contributed by atoms with van der Waals surface area (Å²) >= 11 is 6.12. The van der Waals surface area contributed by atoms with Crippen LogP contribution in [0.25, 0.3) is 0 Å². The summed E-state index contributed by atoms with van der Waals surface area (Å²) in [5.41, 5.74) is 8.99. The fourth-order valence-corrected chi connectivity index (χ4v) is 2.85. The van der Waals surface area contributed by atoms with Crippen LogP contribution >= 0.6 is 11.6 Å². The fraction of sp³-hybridized carbons (Fsp3) is 0.571. The average molecular weight is 238 g/mol. The monoisotopic (exact) mass is 237 g/mol. The van der Waals surface area contributed by atoms with E-state index in [4.69, 9.17) is 17.3 Å². The Morgan fingerprint density at radius 1 is 1.38 bits per heavy atom. The topological polar surface area (TPSA) is 26.0 Å². The first kappa shape index (κ1) is 11.9. The molecule has 16 heavy (non-hydrogen) atoms. The van der Waals surface area contributed by atoms with Crippen molar-refractivity contribution in [3.63, 3.8) is 0 Å². The lowest BCUT2D eigenvalue weighted by Crippen LogP contribution is -2.42. The smallest absolute Gasteiger partial charge is 0.0409 e. The first-order chi connectivity index (χ1) is 7.59. The highest BCUT2D eigenvalue weighted by Crippen LogP contribution is 2.46. The van der Waals surface area contributed by atoms with Gasteiger partial charge in [0.15, 0.2) is 0 Å². The van der Waals surface area contributed by atoms with Crippen LogP contribution in [0.15, 0.2) is 18.2 Å². The minimum absolute atomic E-state index is 0.213. The first-order valence-corrected chi connectivity index (χ1v) is 6.47. The molecule has 1 aromatic carbocycles. The van der Waals surface area contributed by atoms with Crippen LogP contribution in [0.2, 0.25) is 5.02 Å². The van der Waals surface area contributed by atoms with Gasteiger partial charge in [-0.3, -0.25) is 0 Å². The molecule has 1 saturated carbocycles. The van der Waals surface area contributed by atoms with Crippen LogP contribution in [-0.4, -0.2) is 6.54 Å². The number of nitrogens with two attached hydrogens (primary N) is 1. The van der Waals surface area contributed by atoms with E-state index in [1.165, 1.54) is 30.4 Å². The van der Waals surface area contributed by atoms with Crippen molar-refractivity contribution in [3.05, 3.63) is 34.3 Å². The lowest BCUT2D eigenvalue weighted by atomic mass is 9.62. The lowest BCUT2D eigenvalue weighted by Gasteiger charge is -2.43. The Kier molecular flexibility index (Phi) is 3.27. The second-order valence-corrected chi connectivity index (χ2v) is 5.66. The van der Waals surface area contributed by atoms with Gasteiger partial charge in [-0.1, -0.05) is 37.9 Å². The molecule has 0 aliphatic heterocycles. The van der Waals surface area contributed by atoms with E-state index in [2.05, 4.69) is 26.0 Å². The Morgan fingerprint density at radius 3 is 2.50 bits per heavy atom. The van der Waals surface area contributed by atoms with E-state index in [0.717, 1.165) is 11.6 Å². The molecule has 1 aliphatic carbocycles. The minimum Gasteiger partial charge on any atom is -0.330 e. The molecule has 0 saturated heterocycles. The quantitative estimate of drug-likeness (QED) is 0.849. The molecule has 1 fully saturated rings. The second kappa shape index (κ2) is 4.38. The van der Waals surface area contributed by atoms with E-state index in [-0.39, 0.29) is 5.41 Å². The number of hydrogen-bond donors (Lipinski definition) is 1. The van der Waals surface area contributed by atoms with Gasteiger partial charge < -0.3 is 5.73 Å². The standard InChI is InChI=1S/C14H20ClN/c1-10(2)12-5-4-11(15)8-13(12)14(9-16)6-3-7-14/h4-5,8,10H,3,6-7,9,16H2,1-2H3. The van der Waals surface area contributed by atoms with E-state index >= 15 is 0 Å². The van der Waals surface area contributed by atoms with E-state index in [1.54, 1.807) is 0 Å². The maximum Gasteiger partial charge on any atom is 0.0409 e. The van der Waals surface area contributed by atoms with Gasteiger partial charge in [-0.05, 0) is 42.0 Å². The predicted molar refractivity (Wildman–Crippen MR) is 70.1 cm³/mol. The van der Waals surface area contributed by atoms with Crippen molar-refractivity contribution in [1.29, 1.82) is 0 Å². The Labute approximate surface area is 103 Å². The summed E-state index contributed by atoms with van der Waals surface area (Å²) in [5.74, 6) is 0.538. The van der Waals surface area contributed by atoms with E-state index in [0.29, 0.717) is 5.92 Å². The third-order valence-electron chi connectivity index (χ3n) is 3.91. The molecular weight excluding hydrogens is 218 g/mol. The van der Waals surface area contributed by atoms with Crippen molar-refractivity contribution >= 4 is 11.6 Å². The van der Waals surface area contributed by atoms with Crippen LogP contribution < -0.4 is 5.73 Å². The summed E-state index contributed by atoms with van der Waals surface area (Å²) in [7, 11) is 0. The summed E-state index contributed by atoms with van der Waals surface area (Å²) in [6, 6.07) is 6.28. The molecule has 0 radical (unpaired) electrons. The van der Waals surface area contributed by atoms with Crippen molar-refractivity contribution in [2.45, 2.75) is 44.4 Å². The number of rotatable bonds is 3. The van der Waals surface area contributed by atoms with Gasteiger partial charge in [0.05, 0.1) is 0 Å². The summed E-state index contributed by atoms with van der Waals surface area (Å²) in [6.45, 7) is 5.21. The molecule has 0 unspecified atom stereocenters.